The summed E-state index contributed by atoms with van der Waals surface area (Å²) in [5.41, 5.74) is 0.373. The summed E-state index contributed by atoms with van der Waals surface area (Å²) in [5, 5.41) is 2.67. The van der Waals surface area contributed by atoms with E-state index in [9.17, 15) is 18.0 Å². The molecule has 1 aromatic rings. The quantitative estimate of drug-likeness (QED) is 0.657. The lowest BCUT2D eigenvalue weighted by Gasteiger charge is -2.29. The van der Waals surface area contributed by atoms with Crippen molar-refractivity contribution in [2.45, 2.75) is 23.8 Å². The number of carbonyl (C=O) groups is 2. The number of ether oxygens (including phenoxy) is 1. The zero-order chi connectivity index (χ0) is 18.4. The van der Waals surface area contributed by atoms with E-state index in [-0.39, 0.29) is 22.8 Å². The van der Waals surface area contributed by atoms with Crippen molar-refractivity contribution in [3.63, 3.8) is 0 Å². The first-order chi connectivity index (χ1) is 11.8. The Kier molecular flexibility index (Phi) is 6.51. The van der Waals surface area contributed by atoms with Crippen LogP contribution in [0.25, 0.3) is 0 Å². The van der Waals surface area contributed by atoms with Gasteiger partial charge < -0.3 is 15.0 Å². The molecule has 25 heavy (non-hydrogen) atoms. The molecule has 8 nitrogen and oxygen atoms in total. The van der Waals surface area contributed by atoms with Gasteiger partial charge in [-0.05, 0) is 30.7 Å². The number of amides is 2. The van der Waals surface area contributed by atoms with Gasteiger partial charge in [0, 0.05) is 45.3 Å². The fourth-order valence-electron chi connectivity index (χ4n) is 2.55. The molecule has 1 heterocycles. The van der Waals surface area contributed by atoms with Crippen LogP contribution in [-0.2, 0) is 19.6 Å². The van der Waals surface area contributed by atoms with Gasteiger partial charge in [0.1, 0.15) is 0 Å². The summed E-state index contributed by atoms with van der Waals surface area (Å²) in [6, 6.07) is 5.40. The topological polar surface area (TPSA) is 105 Å². The maximum absolute atomic E-state index is 12.4. The molecule has 2 rings (SSSR count). The van der Waals surface area contributed by atoms with Gasteiger partial charge in [-0.25, -0.2) is 13.1 Å². The number of nitrogens with one attached hydrogen (secondary N) is 2. The van der Waals surface area contributed by atoms with Crippen LogP contribution in [0.4, 0.5) is 0 Å². The lowest BCUT2D eigenvalue weighted by molar-refractivity contribution is -0.132. The predicted molar refractivity (Wildman–Crippen MR) is 91.6 cm³/mol. The van der Waals surface area contributed by atoms with Crippen molar-refractivity contribution in [2.75, 3.05) is 33.9 Å². The van der Waals surface area contributed by atoms with Gasteiger partial charge >= 0.3 is 0 Å². The summed E-state index contributed by atoms with van der Waals surface area (Å²) in [6.07, 6.45) is 0.798. The van der Waals surface area contributed by atoms with Crippen LogP contribution in [0.3, 0.4) is 0 Å². The monoisotopic (exact) mass is 369 g/mol. The molecular weight excluding hydrogens is 346 g/mol. The van der Waals surface area contributed by atoms with Crippen molar-refractivity contribution in [1.82, 2.24) is 14.9 Å². The van der Waals surface area contributed by atoms with Crippen molar-refractivity contribution < 1.29 is 22.7 Å². The van der Waals surface area contributed by atoms with Gasteiger partial charge in [0.2, 0.25) is 15.9 Å². The second kappa shape index (κ2) is 8.41. The summed E-state index contributed by atoms with van der Waals surface area (Å²) < 4.78 is 32.4. The minimum atomic E-state index is -3.70. The molecule has 1 aliphatic rings. The van der Waals surface area contributed by atoms with Crippen LogP contribution >= 0.6 is 0 Å². The fraction of sp³-hybridized carbons (Fsp3) is 0.500. The standard InChI is InChI=1S/C16H23N3O5S/c1-19-11-13(5-8-15(19)20)18-25(22,23)14-6-3-12(4-7-14)16(21)17-9-10-24-2/h3-4,6-7,13,18H,5,8-11H2,1-2H3,(H,17,21). The molecule has 0 radical (unpaired) electrons. The lowest BCUT2D eigenvalue weighted by Crippen LogP contribution is -2.48. The average molecular weight is 369 g/mol. The van der Waals surface area contributed by atoms with Crippen molar-refractivity contribution in [1.29, 1.82) is 0 Å². The maximum Gasteiger partial charge on any atom is 0.251 e. The molecule has 1 fully saturated rings. The van der Waals surface area contributed by atoms with E-state index in [0.717, 1.165) is 0 Å². The van der Waals surface area contributed by atoms with E-state index >= 15 is 0 Å². The number of hydrogen-bond acceptors (Lipinski definition) is 5. The predicted octanol–water partition coefficient (Wildman–Crippen LogP) is -0.0381. The highest BCUT2D eigenvalue weighted by Crippen LogP contribution is 2.15. The van der Waals surface area contributed by atoms with Gasteiger partial charge in [0.25, 0.3) is 5.91 Å². The second-order valence-corrected chi connectivity index (χ2v) is 7.62. The van der Waals surface area contributed by atoms with Crippen molar-refractivity contribution >= 4 is 21.8 Å². The minimum absolute atomic E-state index is 0.0132. The Hall–Kier alpha value is -1.97. The molecular formula is C16H23N3O5S. The minimum Gasteiger partial charge on any atom is -0.383 e. The zero-order valence-electron chi connectivity index (χ0n) is 14.3. The molecule has 0 aliphatic carbocycles. The molecule has 0 aromatic heterocycles. The van der Waals surface area contributed by atoms with Crippen LogP contribution in [0.2, 0.25) is 0 Å². The van der Waals surface area contributed by atoms with Crippen LogP contribution in [0.5, 0.6) is 0 Å². The number of benzene rings is 1. The smallest absolute Gasteiger partial charge is 0.251 e. The van der Waals surface area contributed by atoms with Gasteiger partial charge in [0.15, 0.2) is 0 Å². The number of carbonyl (C=O) groups excluding carboxylic acids is 2. The number of hydrogen-bond donors (Lipinski definition) is 2. The Labute approximate surface area is 147 Å². The zero-order valence-corrected chi connectivity index (χ0v) is 15.1. The second-order valence-electron chi connectivity index (χ2n) is 5.90. The summed E-state index contributed by atoms with van der Waals surface area (Å²) in [6.45, 7) is 1.13. The first kappa shape index (κ1) is 19.4. The highest BCUT2D eigenvalue weighted by molar-refractivity contribution is 7.89. The normalized spacial score (nSPS) is 18.2. The van der Waals surface area contributed by atoms with Gasteiger partial charge in [-0.1, -0.05) is 0 Å². The Morgan fingerprint density at radius 3 is 2.60 bits per heavy atom. The summed E-state index contributed by atoms with van der Waals surface area (Å²) in [4.78, 5) is 25.0. The summed E-state index contributed by atoms with van der Waals surface area (Å²) in [7, 11) is -0.511. The molecule has 2 N–H and O–H groups in total. The molecule has 1 aromatic carbocycles. The average Bonchev–Trinajstić information content (AvgIpc) is 2.58. The van der Waals surface area contributed by atoms with E-state index in [0.29, 0.717) is 38.1 Å². The molecule has 138 valence electrons. The van der Waals surface area contributed by atoms with Crippen molar-refractivity contribution in [3.05, 3.63) is 29.8 Å². The SMILES string of the molecule is COCCNC(=O)c1ccc(S(=O)(=O)NC2CCC(=O)N(C)C2)cc1. The molecule has 1 unspecified atom stereocenters. The Balaban J connectivity index is 2.00. The number of rotatable bonds is 7. The van der Waals surface area contributed by atoms with E-state index in [4.69, 9.17) is 4.74 Å². The van der Waals surface area contributed by atoms with Crippen molar-refractivity contribution in [2.24, 2.45) is 0 Å². The fourth-order valence-corrected chi connectivity index (χ4v) is 3.81. The molecule has 0 bridgehead atoms. The van der Waals surface area contributed by atoms with Gasteiger partial charge in [-0.2, -0.15) is 0 Å². The molecule has 0 spiro atoms. The van der Waals surface area contributed by atoms with Gasteiger partial charge in [-0.15, -0.1) is 0 Å². The van der Waals surface area contributed by atoms with Crippen LogP contribution < -0.4 is 10.0 Å². The van der Waals surface area contributed by atoms with E-state index in [1.807, 2.05) is 0 Å². The van der Waals surface area contributed by atoms with E-state index < -0.39 is 10.0 Å². The Bertz CT molecular complexity index is 718. The first-order valence-electron chi connectivity index (χ1n) is 7.97. The Morgan fingerprint density at radius 1 is 1.32 bits per heavy atom. The van der Waals surface area contributed by atoms with Crippen LogP contribution in [-0.4, -0.2) is 65.0 Å². The highest BCUT2D eigenvalue weighted by Gasteiger charge is 2.27. The Morgan fingerprint density at radius 2 is 2.00 bits per heavy atom. The molecule has 2 amide bonds. The third-order valence-corrected chi connectivity index (χ3v) is 5.50. The molecule has 1 atom stereocenters. The third kappa shape index (κ3) is 5.25. The molecule has 0 saturated carbocycles. The number of methoxy groups -OCH3 is 1. The van der Waals surface area contributed by atoms with Crippen LogP contribution in [0, 0.1) is 0 Å². The number of likely N-dealkylation sites (N-methyl/N-ethyl adjacent to an activating group) is 1. The highest BCUT2D eigenvalue weighted by atomic mass is 32.2. The van der Waals surface area contributed by atoms with E-state index in [2.05, 4.69) is 10.0 Å². The lowest BCUT2D eigenvalue weighted by atomic mass is 10.1. The maximum atomic E-state index is 12.4. The van der Waals surface area contributed by atoms with Crippen LogP contribution in [0.15, 0.2) is 29.2 Å². The van der Waals surface area contributed by atoms with Crippen LogP contribution in [0.1, 0.15) is 23.2 Å². The van der Waals surface area contributed by atoms with E-state index in [1.54, 1.807) is 14.2 Å². The molecule has 1 aliphatic heterocycles. The van der Waals surface area contributed by atoms with Gasteiger partial charge in [-0.3, -0.25) is 9.59 Å². The first-order valence-corrected chi connectivity index (χ1v) is 9.45. The third-order valence-electron chi connectivity index (χ3n) is 3.97. The largest absolute Gasteiger partial charge is 0.383 e. The number of nitrogens with zero attached hydrogens (tertiary/aromatic N) is 1. The molecule has 1 saturated heterocycles. The molecule has 9 heteroatoms. The van der Waals surface area contributed by atoms with E-state index in [1.165, 1.54) is 29.2 Å². The number of piperidine rings is 1. The van der Waals surface area contributed by atoms with Crippen molar-refractivity contribution in [3.8, 4) is 0 Å². The summed E-state index contributed by atoms with van der Waals surface area (Å²) in [5.74, 6) is -0.277. The summed E-state index contributed by atoms with van der Waals surface area (Å²) >= 11 is 0. The number of likely N-dealkylation sites (tertiary alicyclic amines) is 1. The van der Waals surface area contributed by atoms with Gasteiger partial charge in [0.05, 0.1) is 11.5 Å². The number of sulfonamides is 1.